The zero-order valence-corrected chi connectivity index (χ0v) is 13.6. The van der Waals surface area contributed by atoms with Gasteiger partial charge in [0, 0.05) is 17.0 Å². The lowest BCUT2D eigenvalue weighted by Gasteiger charge is -2.25. The van der Waals surface area contributed by atoms with E-state index in [9.17, 15) is 18.0 Å². The fourth-order valence-electron chi connectivity index (χ4n) is 2.77. The number of anilines is 1. The number of alkyl halides is 3. The third kappa shape index (κ3) is 3.08. The number of hydrogen-bond donors (Lipinski definition) is 1. The Balaban J connectivity index is 1.98. The number of rotatable bonds is 3. The van der Waals surface area contributed by atoms with Crippen LogP contribution in [0.1, 0.15) is 28.4 Å². The molecule has 1 heterocycles. The average Bonchev–Trinajstić information content (AvgIpc) is 2.82. The number of carbonyl (C=O) groups excluding carboxylic acids is 1. The molecule has 7 heteroatoms. The van der Waals surface area contributed by atoms with Crippen LogP contribution in [0.4, 0.5) is 18.9 Å². The summed E-state index contributed by atoms with van der Waals surface area (Å²) in [5.41, 5.74) is 5.96. The second-order valence-electron chi connectivity index (χ2n) is 5.55. The van der Waals surface area contributed by atoms with Gasteiger partial charge in [-0.05, 0) is 36.8 Å². The van der Waals surface area contributed by atoms with Gasteiger partial charge in [0.15, 0.2) is 0 Å². The molecule has 0 aromatic heterocycles. The minimum absolute atomic E-state index is 0.0376. The van der Waals surface area contributed by atoms with Crippen LogP contribution >= 0.6 is 11.8 Å². The van der Waals surface area contributed by atoms with Crippen LogP contribution in [0.15, 0.2) is 47.4 Å². The molecule has 0 bridgehead atoms. The van der Waals surface area contributed by atoms with E-state index >= 15 is 0 Å². The van der Waals surface area contributed by atoms with Crippen molar-refractivity contribution >= 4 is 23.4 Å². The van der Waals surface area contributed by atoms with Crippen LogP contribution in [0.2, 0.25) is 0 Å². The minimum Gasteiger partial charge on any atom is -0.366 e. The van der Waals surface area contributed by atoms with Gasteiger partial charge in [0.05, 0.1) is 16.6 Å². The van der Waals surface area contributed by atoms with Gasteiger partial charge in [-0.1, -0.05) is 30.0 Å². The summed E-state index contributed by atoms with van der Waals surface area (Å²) in [5, 5.41) is -0.0376. The number of thioether (sulfide) groups is 1. The Morgan fingerprint density at radius 1 is 1.25 bits per heavy atom. The van der Waals surface area contributed by atoms with Gasteiger partial charge in [-0.15, -0.1) is 0 Å². The predicted octanol–water partition coefficient (Wildman–Crippen LogP) is 4.26. The summed E-state index contributed by atoms with van der Waals surface area (Å²) in [6.07, 6.45) is -4.40. The molecular weight excluding hydrogens is 337 g/mol. The lowest BCUT2D eigenvalue weighted by Crippen LogP contribution is -2.27. The molecule has 0 radical (unpaired) electrons. The highest BCUT2D eigenvalue weighted by Gasteiger charge is 2.35. The maximum absolute atomic E-state index is 13.2. The number of nitrogens with two attached hydrogens (primary N) is 1. The molecule has 1 atom stereocenters. The lowest BCUT2D eigenvalue weighted by atomic mass is 10.1. The Labute approximate surface area is 141 Å². The summed E-state index contributed by atoms with van der Waals surface area (Å²) >= 11 is 1.54. The number of fused-ring (bicyclic) bond motifs is 1. The van der Waals surface area contributed by atoms with Crippen molar-refractivity contribution < 1.29 is 18.0 Å². The third-order valence-corrected chi connectivity index (χ3v) is 5.15. The first-order chi connectivity index (χ1) is 11.3. The van der Waals surface area contributed by atoms with Crippen molar-refractivity contribution in [3.8, 4) is 0 Å². The Kier molecular flexibility index (Phi) is 4.21. The predicted molar refractivity (Wildman–Crippen MR) is 87.9 cm³/mol. The van der Waals surface area contributed by atoms with Gasteiger partial charge in [-0.25, -0.2) is 0 Å². The molecule has 1 amide bonds. The molecule has 0 fully saturated rings. The normalized spacial score (nSPS) is 17.0. The van der Waals surface area contributed by atoms with Gasteiger partial charge in [0.1, 0.15) is 0 Å². The first kappa shape index (κ1) is 16.7. The maximum atomic E-state index is 13.2. The van der Waals surface area contributed by atoms with Crippen LogP contribution < -0.4 is 10.6 Å². The summed E-state index contributed by atoms with van der Waals surface area (Å²) in [6, 6.07) is 10.6. The van der Waals surface area contributed by atoms with Crippen LogP contribution in [0.25, 0.3) is 0 Å². The molecule has 0 aliphatic carbocycles. The largest absolute Gasteiger partial charge is 0.416 e. The van der Waals surface area contributed by atoms with Gasteiger partial charge in [-0.3, -0.25) is 4.79 Å². The smallest absolute Gasteiger partial charge is 0.366 e. The quantitative estimate of drug-likeness (QED) is 0.898. The highest BCUT2D eigenvalue weighted by atomic mass is 32.2. The Morgan fingerprint density at radius 3 is 2.62 bits per heavy atom. The molecule has 126 valence electrons. The Bertz CT molecular complexity index is 792. The van der Waals surface area contributed by atoms with Gasteiger partial charge >= 0.3 is 6.18 Å². The molecule has 3 rings (SSSR count). The van der Waals surface area contributed by atoms with Crippen LogP contribution in [-0.4, -0.2) is 11.3 Å². The second-order valence-corrected chi connectivity index (χ2v) is 6.90. The highest BCUT2D eigenvalue weighted by Crippen LogP contribution is 2.45. The van der Waals surface area contributed by atoms with E-state index in [1.807, 2.05) is 11.8 Å². The van der Waals surface area contributed by atoms with Gasteiger partial charge in [-0.2, -0.15) is 13.2 Å². The standard InChI is InChI=1S/C17H15F3N2OS/c1-10-22(9-12-4-2-3-5-13(12)17(18,19)20)14-8-11(16(21)23)6-7-15(14)24-10/h2-8,10H,9H2,1H3,(H2,21,23). The third-order valence-electron chi connectivity index (χ3n) is 3.95. The van der Waals surface area contributed by atoms with Crippen molar-refractivity contribution in [2.75, 3.05) is 4.90 Å². The SMILES string of the molecule is CC1Sc2ccc(C(N)=O)cc2N1Cc1ccccc1C(F)(F)F. The molecule has 2 aromatic carbocycles. The van der Waals surface area contributed by atoms with E-state index in [1.165, 1.54) is 12.1 Å². The van der Waals surface area contributed by atoms with Gasteiger partial charge in [0.2, 0.25) is 5.91 Å². The Hall–Kier alpha value is -2.15. The maximum Gasteiger partial charge on any atom is 0.416 e. The monoisotopic (exact) mass is 352 g/mol. The number of amides is 1. The number of nitrogens with zero attached hydrogens (tertiary/aromatic N) is 1. The van der Waals surface area contributed by atoms with E-state index in [2.05, 4.69) is 0 Å². The first-order valence-corrected chi connectivity index (χ1v) is 8.17. The average molecular weight is 352 g/mol. The summed E-state index contributed by atoms with van der Waals surface area (Å²) in [5.74, 6) is -0.557. The van der Waals surface area contributed by atoms with E-state index in [0.717, 1.165) is 16.6 Å². The van der Waals surface area contributed by atoms with E-state index in [-0.39, 0.29) is 17.5 Å². The topological polar surface area (TPSA) is 46.3 Å². The van der Waals surface area contributed by atoms with Crippen molar-refractivity contribution in [2.24, 2.45) is 5.73 Å². The molecule has 24 heavy (non-hydrogen) atoms. The van der Waals surface area contributed by atoms with Crippen LogP contribution in [0.3, 0.4) is 0 Å². The zero-order valence-electron chi connectivity index (χ0n) is 12.8. The number of hydrogen-bond acceptors (Lipinski definition) is 3. The zero-order chi connectivity index (χ0) is 17.5. The molecule has 1 unspecified atom stereocenters. The summed E-state index contributed by atoms with van der Waals surface area (Å²) < 4.78 is 39.6. The van der Waals surface area contributed by atoms with E-state index < -0.39 is 17.6 Å². The second kappa shape index (κ2) is 6.05. The van der Waals surface area contributed by atoms with Crippen LogP contribution in [0.5, 0.6) is 0 Å². The van der Waals surface area contributed by atoms with Crippen molar-refractivity contribution in [3.05, 3.63) is 59.2 Å². The molecule has 0 saturated heterocycles. The van der Waals surface area contributed by atoms with Crippen LogP contribution in [-0.2, 0) is 12.7 Å². The van der Waals surface area contributed by atoms with Crippen molar-refractivity contribution in [1.29, 1.82) is 0 Å². The number of benzene rings is 2. The van der Waals surface area contributed by atoms with Crippen LogP contribution in [0, 0.1) is 0 Å². The molecule has 2 N–H and O–H groups in total. The molecule has 1 aliphatic rings. The highest BCUT2D eigenvalue weighted by molar-refractivity contribution is 8.00. The molecule has 0 saturated carbocycles. The molecule has 3 nitrogen and oxygen atoms in total. The fourth-order valence-corrected chi connectivity index (χ4v) is 3.90. The first-order valence-electron chi connectivity index (χ1n) is 7.29. The minimum atomic E-state index is -4.40. The summed E-state index contributed by atoms with van der Waals surface area (Å²) in [7, 11) is 0. The van der Waals surface area contributed by atoms with E-state index in [0.29, 0.717) is 5.56 Å². The number of primary amides is 1. The van der Waals surface area contributed by atoms with Crippen molar-refractivity contribution in [3.63, 3.8) is 0 Å². The van der Waals surface area contributed by atoms with E-state index in [4.69, 9.17) is 5.73 Å². The molecule has 0 spiro atoms. The summed E-state index contributed by atoms with van der Waals surface area (Å²) in [4.78, 5) is 14.2. The van der Waals surface area contributed by atoms with Crippen molar-refractivity contribution in [2.45, 2.75) is 29.9 Å². The fraction of sp³-hybridized carbons (Fsp3) is 0.235. The summed E-state index contributed by atoms with van der Waals surface area (Å²) in [6.45, 7) is 2.03. The molecule has 1 aliphatic heterocycles. The van der Waals surface area contributed by atoms with Gasteiger partial charge < -0.3 is 10.6 Å². The molecule has 2 aromatic rings. The van der Waals surface area contributed by atoms with E-state index in [1.54, 1.807) is 36.0 Å². The van der Waals surface area contributed by atoms with Gasteiger partial charge in [0.25, 0.3) is 0 Å². The number of carbonyl (C=O) groups is 1. The molecular formula is C17H15F3N2OS. The lowest BCUT2D eigenvalue weighted by molar-refractivity contribution is -0.138. The number of halogens is 3. The van der Waals surface area contributed by atoms with Crippen molar-refractivity contribution in [1.82, 2.24) is 0 Å². The Morgan fingerprint density at radius 2 is 1.96 bits per heavy atom.